The summed E-state index contributed by atoms with van der Waals surface area (Å²) in [5.41, 5.74) is 0. The molecule has 0 aliphatic carbocycles. The summed E-state index contributed by atoms with van der Waals surface area (Å²) >= 11 is 0. The molecule has 114 valence electrons. The van der Waals surface area contributed by atoms with E-state index in [1.54, 1.807) is 19.1 Å². The zero-order valence-electron chi connectivity index (χ0n) is 11.9. The van der Waals surface area contributed by atoms with Crippen molar-refractivity contribution >= 4 is 11.9 Å². The van der Waals surface area contributed by atoms with Gasteiger partial charge in [0.1, 0.15) is 6.61 Å². The Hall–Kier alpha value is -2.24. The summed E-state index contributed by atoms with van der Waals surface area (Å²) in [6.45, 7) is 2.26. The number of ether oxygens (including phenoxy) is 2. The molecule has 21 heavy (non-hydrogen) atoms. The maximum Gasteiger partial charge on any atom is 0.306 e. The lowest BCUT2D eigenvalue weighted by atomic mass is 10.1. The molecule has 1 amide bonds. The van der Waals surface area contributed by atoms with Crippen molar-refractivity contribution in [2.75, 3.05) is 13.2 Å². The molecule has 1 aliphatic rings. The van der Waals surface area contributed by atoms with Gasteiger partial charge in [-0.25, -0.2) is 0 Å². The normalized spacial score (nSPS) is 17.9. The minimum atomic E-state index is -0.818. The standard InChI is InChI=1S/C15H19NO5/c1-10(15(18)19)5-4-8-16-14(17)13-9-20-11-6-2-3-7-12(11)21-13/h2-3,6-7,10,13H,4-5,8-9H2,1H3,(H,16,17)(H,18,19). The lowest BCUT2D eigenvalue weighted by molar-refractivity contribution is -0.141. The van der Waals surface area contributed by atoms with Crippen molar-refractivity contribution in [3.63, 3.8) is 0 Å². The maximum absolute atomic E-state index is 12.0. The van der Waals surface area contributed by atoms with Crippen LogP contribution >= 0.6 is 0 Å². The van der Waals surface area contributed by atoms with Crippen molar-refractivity contribution < 1.29 is 24.2 Å². The fourth-order valence-corrected chi connectivity index (χ4v) is 2.01. The van der Waals surface area contributed by atoms with Gasteiger partial charge in [0.2, 0.25) is 6.10 Å². The lowest BCUT2D eigenvalue weighted by Gasteiger charge is -2.25. The minimum absolute atomic E-state index is 0.175. The second-order valence-electron chi connectivity index (χ2n) is 5.04. The fourth-order valence-electron chi connectivity index (χ4n) is 2.01. The Morgan fingerprint density at radius 1 is 1.38 bits per heavy atom. The summed E-state index contributed by atoms with van der Waals surface area (Å²) in [5, 5.41) is 11.5. The molecule has 0 spiro atoms. The molecule has 2 atom stereocenters. The zero-order chi connectivity index (χ0) is 15.2. The first kappa shape index (κ1) is 15.2. The van der Waals surface area contributed by atoms with Crippen LogP contribution in [0.1, 0.15) is 19.8 Å². The van der Waals surface area contributed by atoms with Crippen LogP contribution < -0.4 is 14.8 Å². The average Bonchev–Trinajstić information content (AvgIpc) is 2.50. The van der Waals surface area contributed by atoms with Gasteiger partial charge in [-0.1, -0.05) is 19.1 Å². The molecule has 6 heteroatoms. The van der Waals surface area contributed by atoms with Crippen LogP contribution in [-0.4, -0.2) is 36.2 Å². The Labute approximate surface area is 123 Å². The molecule has 2 N–H and O–H groups in total. The molecule has 6 nitrogen and oxygen atoms in total. The third kappa shape index (κ3) is 4.11. The summed E-state index contributed by atoms with van der Waals surface area (Å²) in [4.78, 5) is 22.6. The van der Waals surface area contributed by atoms with Gasteiger partial charge in [-0.3, -0.25) is 9.59 Å². The highest BCUT2D eigenvalue weighted by Crippen LogP contribution is 2.30. The summed E-state index contributed by atoms with van der Waals surface area (Å²) < 4.78 is 11.0. The van der Waals surface area contributed by atoms with Crippen LogP contribution in [-0.2, 0) is 9.59 Å². The van der Waals surface area contributed by atoms with Gasteiger partial charge < -0.3 is 19.9 Å². The molecule has 0 aromatic heterocycles. The molecule has 0 radical (unpaired) electrons. The van der Waals surface area contributed by atoms with E-state index in [1.807, 2.05) is 12.1 Å². The monoisotopic (exact) mass is 293 g/mol. The van der Waals surface area contributed by atoms with E-state index < -0.39 is 18.0 Å². The number of carboxylic acids is 1. The van der Waals surface area contributed by atoms with E-state index >= 15 is 0 Å². The van der Waals surface area contributed by atoms with Crippen LogP contribution in [0.3, 0.4) is 0 Å². The SMILES string of the molecule is CC(CCCNC(=O)C1COc2ccccc2O1)C(=O)O. The van der Waals surface area contributed by atoms with Crippen LogP contribution in [0.5, 0.6) is 11.5 Å². The molecule has 1 heterocycles. The molecule has 0 saturated carbocycles. The van der Waals surface area contributed by atoms with Gasteiger partial charge in [0.15, 0.2) is 11.5 Å². The number of carbonyl (C=O) groups is 2. The lowest BCUT2D eigenvalue weighted by Crippen LogP contribution is -2.44. The number of carbonyl (C=O) groups excluding carboxylic acids is 1. The summed E-state index contributed by atoms with van der Waals surface area (Å²) in [6, 6.07) is 7.20. The molecule has 0 bridgehead atoms. The fraction of sp³-hybridized carbons (Fsp3) is 0.467. The first-order valence-electron chi connectivity index (χ1n) is 6.97. The van der Waals surface area contributed by atoms with Crippen molar-refractivity contribution in [2.45, 2.75) is 25.9 Å². The van der Waals surface area contributed by atoms with Gasteiger partial charge in [0.05, 0.1) is 5.92 Å². The Morgan fingerprint density at radius 2 is 2.10 bits per heavy atom. The van der Waals surface area contributed by atoms with Crippen LogP contribution in [0.2, 0.25) is 0 Å². The number of hydrogen-bond donors (Lipinski definition) is 2. The molecule has 1 aromatic carbocycles. The topological polar surface area (TPSA) is 84.9 Å². The number of fused-ring (bicyclic) bond motifs is 1. The van der Waals surface area contributed by atoms with Gasteiger partial charge in [-0.15, -0.1) is 0 Å². The number of nitrogens with one attached hydrogen (secondary N) is 1. The Bertz CT molecular complexity index is 517. The van der Waals surface area contributed by atoms with Gasteiger partial charge in [-0.05, 0) is 25.0 Å². The van der Waals surface area contributed by atoms with E-state index in [-0.39, 0.29) is 12.5 Å². The zero-order valence-corrected chi connectivity index (χ0v) is 11.9. The molecule has 0 saturated heterocycles. The van der Waals surface area contributed by atoms with Crippen LogP contribution in [0.4, 0.5) is 0 Å². The second-order valence-corrected chi connectivity index (χ2v) is 5.04. The quantitative estimate of drug-likeness (QED) is 0.775. The van der Waals surface area contributed by atoms with Crippen LogP contribution in [0.15, 0.2) is 24.3 Å². The number of aliphatic carboxylic acids is 1. The molecule has 0 fully saturated rings. The first-order chi connectivity index (χ1) is 10.1. The van der Waals surface area contributed by atoms with E-state index in [0.29, 0.717) is 30.9 Å². The number of rotatable bonds is 6. The number of para-hydroxylation sites is 2. The summed E-state index contributed by atoms with van der Waals surface area (Å²) in [7, 11) is 0. The van der Waals surface area contributed by atoms with Crippen molar-refractivity contribution in [3.8, 4) is 11.5 Å². The summed E-state index contributed by atoms with van der Waals surface area (Å²) in [5.74, 6) is -0.266. The van der Waals surface area contributed by atoms with Crippen LogP contribution in [0, 0.1) is 5.92 Å². The predicted molar refractivity (Wildman–Crippen MR) is 75.4 cm³/mol. The van der Waals surface area contributed by atoms with Gasteiger partial charge in [0.25, 0.3) is 5.91 Å². The molecule has 1 aromatic rings. The predicted octanol–water partition coefficient (Wildman–Crippen LogP) is 1.44. The average molecular weight is 293 g/mol. The first-order valence-corrected chi connectivity index (χ1v) is 6.97. The van der Waals surface area contributed by atoms with E-state index in [0.717, 1.165) is 0 Å². The highest BCUT2D eigenvalue weighted by Gasteiger charge is 2.26. The smallest absolute Gasteiger partial charge is 0.306 e. The third-order valence-electron chi connectivity index (χ3n) is 3.34. The van der Waals surface area contributed by atoms with E-state index in [9.17, 15) is 9.59 Å². The Balaban J connectivity index is 1.74. The highest BCUT2D eigenvalue weighted by molar-refractivity contribution is 5.81. The molecular weight excluding hydrogens is 274 g/mol. The van der Waals surface area contributed by atoms with Crippen molar-refractivity contribution in [1.82, 2.24) is 5.32 Å². The molecule has 2 rings (SSSR count). The van der Waals surface area contributed by atoms with E-state index in [2.05, 4.69) is 5.32 Å². The van der Waals surface area contributed by atoms with Crippen molar-refractivity contribution in [1.29, 1.82) is 0 Å². The van der Waals surface area contributed by atoms with Crippen LogP contribution in [0.25, 0.3) is 0 Å². The number of benzene rings is 1. The van der Waals surface area contributed by atoms with E-state index in [4.69, 9.17) is 14.6 Å². The largest absolute Gasteiger partial charge is 0.485 e. The molecule has 2 unspecified atom stereocenters. The summed E-state index contributed by atoms with van der Waals surface area (Å²) in [6.07, 6.45) is 0.473. The van der Waals surface area contributed by atoms with Crippen molar-refractivity contribution in [3.05, 3.63) is 24.3 Å². The maximum atomic E-state index is 12.0. The Morgan fingerprint density at radius 3 is 2.81 bits per heavy atom. The Kier molecular flexibility index (Phi) is 5.03. The number of hydrogen-bond acceptors (Lipinski definition) is 4. The van der Waals surface area contributed by atoms with E-state index in [1.165, 1.54) is 0 Å². The minimum Gasteiger partial charge on any atom is -0.485 e. The van der Waals surface area contributed by atoms with Gasteiger partial charge >= 0.3 is 5.97 Å². The van der Waals surface area contributed by atoms with Gasteiger partial charge in [0, 0.05) is 6.54 Å². The second kappa shape index (κ2) is 6.97. The highest BCUT2D eigenvalue weighted by atomic mass is 16.6. The van der Waals surface area contributed by atoms with Crippen molar-refractivity contribution in [2.24, 2.45) is 5.92 Å². The third-order valence-corrected chi connectivity index (χ3v) is 3.34. The molecule has 1 aliphatic heterocycles. The molecular formula is C15H19NO5. The van der Waals surface area contributed by atoms with Gasteiger partial charge in [-0.2, -0.15) is 0 Å². The number of carboxylic acid groups (broad SMARTS) is 1. The number of amides is 1.